The standard InChI is InChI=1S/C27H32BN3O3/c1-17-10-11-31(15-17)16-19-12-20(14-29)24-23(13-19)30-25(32-24)21-8-7-9-22(18(21)2)28-33-26(3,4)27(5,6)34-28/h7-9,12-13,17H,10-11,15-16H2,1-6H3/t17-/m0/s1. The van der Waals surface area contributed by atoms with Crippen LogP contribution in [0.5, 0.6) is 0 Å². The number of hydrogen-bond donors (Lipinski definition) is 0. The number of likely N-dealkylation sites (tertiary alicyclic amines) is 1. The van der Waals surface area contributed by atoms with Crippen molar-refractivity contribution in [2.24, 2.45) is 5.92 Å². The second-order valence-corrected chi connectivity index (χ2v) is 10.9. The van der Waals surface area contributed by atoms with Crippen molar-refractivity contribution in [3.63, 3.8) is 0 Å². The number of benzene rings is 2. The van der Waals surface area contributed by atoms with Gasteiger partial charge in [-0.1, -0.05) is 19.1 Å². The molecule has 6 nitrogen and oxygen atoms in total. The summed E-state index contributed by atoms with van der Waals surface area (Å²) in [5.41, 5.74) is 4.89. The van der Waals surface area contributed by atoms with E-state index < -0.39 is 18.3 Å². The fourth-order valence-corrected chi connectivity index (χ4v) is 4.92. The second-order valence-electron chi connectivity index (χ2n) is 10.9. The molecule has 2 aromatic carbocycles. The van der Waals surface area contributed by atoms with Crippen LogP contribution >= 0.6 is 0 Å². The predicted molar refractivity (Wildman–Crippen MR) is 134 cm³/mol. The molecule has 2 saturated heterocycles. The highest BCUT2D eigenvalue weighted by atomic mass is 16.7. The molecule has 0 radical (unpaired) electrons. The van der Waals surface area contributed by atoms with E-state index in [1.807, 2.05) is 31.2 Å². The first-order valence-electron chi connectivity index (χ1n) is 12.1. The van der Waals surface area contributed by atoms with Crippen LogP contribution in [0.15, 0.2) is 34.7 Å². The number of aromatic nitrogens is 1. The maximum atomic E-state index is 9.80. The minimum atomic E-state index is -0.460. The van der Waals surface area contributed by atoms with Crippen LogP contribution in [0.4, 0.5) is 0 Å². The summed E-state index contributed by atoms with van der Waals surface area (Å²) in [6, 6.07) is 12.3. The highest BCUT2D eigenvalue weighted by Crippen LogP contribution is 2.37. The van der Waals surface area contributed by atoms with Crippen LogP contribution in [0.1, 0.15) is 57.7 Å². The molecule has 0 unspecified atom stereocenters. The van der Waals surface area contributed by atoms with Gasteiger partial charge >= 0.3 is 7.12 Å². The largest absolute Gasteiger partial charge is 0.495 e. The predicted octanol–water partition coefficient (Wildman–Crippen LogP) is 4.82. The van der Waals surface area contributed by atoms with Crippen LogP contribution in [-0.4, -0.2) is 41.3 Å². The molecule has 2 aliphatic rings. The third-order valence-corrected chi connectivity index (χ3v) is 7.70. The van der Waals surface area contributed by atoms with Crippen LogP contribution < -0.4 is 5.46 Å². The molecular formula is C27H32BN3O3. The summed E-state index contributed by atoms with van der Waals surface area (Å²) in [5.74, 6) is 1.23. The maximum Gasteiger partial charge on any atom is 0.495 e. The van der Waals surface area contributed by atoms with Crippen LogP contribution in [0.3, 0.4) is 0 Å². The van der Waals surface area contributed by atoms with Crippen molar-refractivity contribution in [1.82, 2.24) is 9.88 Å². The van der Waals surface area contributed by atoms with Gasteiger partial charge in [-0.2, -0.15) is 5.26 Å². The van der Waals surface area contributed by atoms with Crippen molar-refractivity contribution in [2.75, 3.05) is 13.1 Å². The second kappa shape index (κ2) is 8.23. The summed E-state index contributed by atoms with van der Waals surface area (Å²) >= 11 is 0. The Balaban J connectivity index is 1.50. The molecule has 2 aliphatic heterocycles. The molecule has 1 atom stereocenters. The molecule has 2 fully saturated rings. The Morgan fingerprint density at radius 2 is 1.91 bits per heavy atom. The molecule has 0 N–H and O–H groups in total. The van der Waals surface area contributed by atoms with Crippen LogP contribution in [0.25, 0.3) is 22.6 Å². The summed E-state index contributed by atoms with van der Waals surface area (Å²) in [5, 5.41) is 9.80. The van der Waals surface area contributed by atoms with Crippen molar-refractivity contribution in [2.45, 2.75) is 65.7 Å². The molecule has 0 bridgehead atoms. The summed E-state index contributed by atoms with van der Waals surface area (Å²) in [6.07, 6.45) is 1.22. The molecule has 0 amide bonds. The van der Waals surface area contributed by atoms with Gasteiger partial charge in [-0.25, -0.2) is 4.98 Å². The third kappa shape index (κ3) is 3.94. The Morgan fingerprint density at radius 3 is 2.56 bits per heavy atom. The zero-order valence-electron chi connectivity index (χ0n) is 20.9. The Bertz CT molecular complexity index is 1270. The van der Waals surface area contributed by atoms with Crippen LogP contribution in [-0.2, 0) is 15.9 Å². The molecule has 0 saturated carbocycles. The normalized spacial score (nSPS) is 21.9. The number of oxazole rings is 1. The van der Waals surface area contributed by atoms with Gasteiger partial charge in [0.15, 0.2) is 5.58 Å². The van der Waals surface area contributed by atoms with E-state index >= 15 is 0 Å². The van der Waals surface area contributed by atoms with E-state index in [-0.39, 0.29) is 0 Å². The maximum absolute atomic E-state index is 9.80. The monoisotopic (exact) mass is 457 g/mol. The molecule has 5 rings (SSSR count). The third-order valence-electron chi connectivity index (χ3n) is 7.70. The summed E-state index contributed by atoms with van der Waals surface area (Å²) < 4.78 is 18.7. The lowest BCUT2D eigenvalue weighted by molar-refractivity contribution is 0.00578. The Hall–Kier alpha value is -2.66. The van der Waals surface area contributed by atoms with Gasteiger partial charge in [0.25, 0.3) is 0 Å². The summed E-state index contributed by atoms with van der Waals surface area (Å²) in [4.78, 5) is 7.25. The smallest absolute Gasteiger partial charge is 0.435 e. The van der Waals surface area contributed by atoms with Gasteiger partial charge in [0.2, 0.25) is 5.89 Å². The molecule has 3 aromatic rings. The van der Waals surface area contributed by atoms with Gasteiger partial charge in [0, 0.05) is 18.7 Å². The number of fused-ring (bicyclic) bond motifs is 1. The fourth-order valence-electron chi connectivity index (χ4n) is 4.92. The molecule has 3 heterocycles. The quantitative estimate of drug-likeness (QED) is 0.524. The first-order valence-corrected chi connectivity index (χ1v) is 12.1. The van der Waals surface area contributed by atoms with Gasteiger partial charge in [-0.3, -0.25) is 4.90 Å². The summed E-state index contributed by atoms with van der Waals surface area (Å²) in [6.45, 7) is 15.5. The average molecular weight is 457 g/mol. The van der Waals surface area contributed by atoms with Crippen molar-refractivity contribution in [1.29, 1.82) is 5.26 Å². The number of nitrogens with zero attached hydrogens (tertiary/aromatic N) is 3. The SMILES string of the molecule is Cc1c(B2OC(C)(C)C(C)(C)O2)cccc1-c1nc2cc(CN3CC[C@H](C)C3)cc(C#N)c2o1. The highest BCUT2D eigenvalue weighted by Gasteiger charge is 2.52. The molecule has 1 aromatic heterocycles. The number of rotatable bonds is 4. The summed E-state index contributed by atoms with van der Waals surface area (Å²) in [7, 11) is -0.460. The van der Waals surface area contributed by atoms with Crippen molar-refractivity contribution >= 4 is 23.7 Å². The van der Waals surface area contributed by atoms with E-state index in [4.69, 9.17) is 18.7 Å². The lowest BCUT2D eigenvalue weighted by Crippen LogP contribution is -2.41. The minimum absolute atomic E-state index is 0.414. The van der Waals surface area contributed by atoms with E-state index in [0.29, 0.717) is 17.0 Å². The van der Waals surface area contributed by atoms with E-state index in [1.165, 1.54) is 6.42 Å². The number of hydrogen-bond acceptors (Lipinski definition) is 6. The van der Waals surface area contributed by atoms with E-state index in [1.54, 1.807) is 0 Å². The molecule has 176 valence electrons. The van der Waals surface area contributed by atoms with Crippen molar-refractivity contribution < 1.29 is 13.7 Å². The van der Waals surface area contributed by atoms with Gasteiger partial charge in [0.1, 0.15) is 11.6 Å². The highest BCUT2D eigenvalue weighted by molar-refractivity contribution is 6.62. The molecule has 34 heavy (non-hydrogen) atoms. The molecule has 7 heteroatoms. The minimum Gasteiger partial charge on any atom is -0.435 e. The fraction of sp³-hybridized carbons (Fsp3) is 0.481. The van der Waals surface area contributed by atoms with Gasteiger partial charge in [0.05, 0.1) is 16.8 Å². The Morgan fingerprint density at radius 1 is 1.18 bits per heavy atom. The van der Waals surface area contributed by atoms with Gasteiger partial charge in [-0.05, 0) is 88.3 Å². The lowest BCUT2D eigenvalue weighted by atomic mass is 9.75. The Kier molecular flexibility index (Phi) is 5.59. The average Bonchev–Trinajstić information content (AvgIpc) is 3.43. The first-order chi connectivity index (χ1) is 16.1. The topological polar surface area (TPSA) is 71.5 Å². The molecule has 0 aliphatic carbocycles. The molecule has 0 spiro atoms. The van der Waals surface area contributed by atoms with E-state index in [2.05, 4.69) is 51.7 Å². The van der Waals surface area contributed by atoms with Crippen LogP contribution in [0, 0.1) is 24.2 Å². The lowest BCUT2D eigenvalue weighted by Gasteiger charge is -2.32. The van der Waals surface area contributed by atoms with E-state index in [0.717, 1.165) is 53.2 Å². The van der Waals surface area contributed by atoms with Gasteiger partial charge in [-0.15, -0.1) is 0 Å². The van der Waals surface area contributed by atoms with Crippen molar-refractivity contribution in [3.8, 4) is 17.5 Å². The van der Waals surface area contributed by atoms with E-state index in [9.17, 15) is 5.26 Å². The number of nitriles is 1. The first kappa shape index (κ1) is 23.1. The zero-order valence-corrected chi connectivity index (χ0v) is 20.9. The Labute approximate surface area is 202 Å². The van der Waals surface area contributed by atoms with Gasteiger partial charge < -0.3 is 13.7 Å². The zero-order chi connectivity index (χ0) is 24.3. The molecular weight excluding hydrogens is 425 g/mol. The van der Waals surface area contributed by atoms with Crippen molar-refractivity contribution in [3.05, 3.63) is 47.0 Å². The van der Waals surface area contributed by atoms with Crippen LogP contribution in [0.2, 0.25) is 0 Å².